The van der Waals surface area contributed by atoms with Crippen LogP contribution in [0.1, 0.15) is 144 Å². The van der Waals surface area contributed by atoms with Crippen molar-refractivity contribution in [3.63, 3.8) is 0 Å². The molecule has 7 aromatic heterocycles. The number of aliphatic hydroxyl groups is 2. The SMILES string of the molecule is CC1(C)CCC(O)(c2cc(Cl)cc3[nH]ccc23)CC1.Clc1cc(C2CCOCC2)c2cc[nH]c2c1.Clc1cc(N2CCC(c3ncco3)CC2)c2cc[nH]c2c1.Nc1ccnn1C1CCN(c2cc(Cl)cc3[nH]ccc23)CC1.OC1(c2cc(Cl)cc3[nH]ccc23)CCC(F)(F)CC1. The number of anilines is 3. The lowest BCUT2D eigenvalue weighted by Crippen LogP contribution is -2.36. The molecule has 0 amide bonds. The van der Waals surface area contributed by atoms with Gasteiger partial charge >= 0.3 is 0 Å². The zero-order valence-electron chi connectivity index (χ0n) is 54.4. The van der Waals surface area contributed by atoms with Crippen molar-refractivity contribution in [2.75, 3.05) is 54.9 Å². The lowest BCUT2D eigenvalue weighted by Gasteiger charge is -2.40. The Kier molecular flexibility index (Phi) is 20.4. The van der Waals surface area contributed by atoms with Crippen LogP contribution in [-0.2, 0) is 15.9 Å². The van der Waals surface area contributed by atoms with Crippen LogP contribution in [0.3, 0.4) is 0 Å². The summed E-state index contributed by atoms with van der Waals surface area (Å²) >= 11 is 30.9. The van der Waals surface area contributed by atoms with Gasteiger partial charge in [-0.25, -0.2) is 18.4 Å². The third-order valence-electron chi connectivity index (χ3n) is 20.5. The first-order valence-corrected chi connectivity index (χ1v) is 35.5. The van der Waals surface area contributed by atoms with E-state index in [0.29, 0.717) is 38.9 Å². The Labute approximate surface area is 587 Å². The van der Waals surface area contributed by atoms with Crippen molar-refractivity contribution >= 4 is 130 Å². The van der Waals surface area contributed by atoms with Crippen molar-refractivity contribution in [2.24, 2.45) is 5.41 Å². The molecule has 5 fully saturated rings. The van der Waals surface area contributed by atoms with Gasteiger partial charge in [-0.2, -0.15) is 5.10 Å². The molecule has 0 spiro atoms. The van der Waals surface area contributed by atoms with Crippen LogP contribution < -0.4 is 15.5 Å². The second-order valence-corrected chi connectivity index (χ2v) is 29.6. The summed E-state index contributed by atoms with van der Waals surface area (Å²) in [6.07, 6.45) is 24.3. The standard InChI is InChI=1S/C16H18ClN5.C16H16ClN3O.C16H20ClNO.C14H14ClF2NO.C13H14ClNO/c17-11-9-14-13(1-5-19-14)15(10-11)21-7-3-12(4-8-21)22-16(18)2-6-20-22;17-12-9-14-13(1-4-18-14)15(10-12)20-6-2-11(3-7-20)16-19-5-8-21-16;1-15(2)4-6-16(19,7-5-15)13-9-11(17)10-14-12(13)3-8-18-14;15-9-7-11(10-1-6-18-12(10)8-9)13(19)2-4-14(16,17)5-3-13;14-10-7-12(9-2-5-16-6-3-9)11-1-4-15-13(11)8-10/h1-2,5-6,9-10,12,19H,3-4,7-8,18H2;1,4-5,8-11,18H,2-3,6-7H2;3,8-10,18-19H,4-7H2,1-2H3;1,6-8,18-19H,2-5H2;1,4,7-9,15H,2-3,5-6H2. The molecule has 5 aliphatic rings. The molecule has 2 saturated carbocycles. The number of rotatable bonds is 7. The van der Waals surface area contributed by atoms with E-state index in [0.717, 1.165) is 174 Å². The number of halogens is 7. The van der Waals surface area contributed by atoms with Crippen molar-refractivity contribution in [2.45, 2.75) is 139 Å². The summed E-state index contributed by atoms with van der Waals surface area (Å²) in [4.78, 5) is 25.0. The number of aromatic amines is 5. The number of nitrogens with two attached hydrogens (primary N) is 1. The predicted octanol–water partition coefficient (Wildman–Crippen LogP) is 20.2. The highest BCUT2D eigenvalue weighted by atomic mass is 35.5. The zero-order chi connectivity index (χ0) is 67.6. The molecule has 22 heteroatoms. The Hall–Kier alpha value is -7.19. The molecule has 0 atom stereocenters. The number of H-pyrrole nitrogens is 5. The largest absolute Gasteiger partial charge is 0.449 e. The minimum absolute atomic E-state index is 0.0562. The van der Waals surface area contributed by atoms with Gasteiger partial charge in [0.25, 0.3) is 0 Å². The van der Waals surface area contributed by atoms with Gasteiger partial charge in [-0.15, -0.1) is 0 Å². The summed E-state index contributed by atoms with van der Waals surface area (Å²) in [5.74, 6) is -0.0353. The molecule has 3 aliphatic heterocycles. The fourth-order valence-electron chi connectivity index (χ4n) is 15.0. The molecule has 0 bridgehead atoms. The molecular formula is C75H82Cl5F2N11O4. The number of ether oxygens (including phenoxy) is 1. The maximum Gasteiger partial charge on any atom is 0.248 e. The maximum atomic E-state index is 13.3. The summed E-state index contributed by atoms with van der Waals surface area (Å²) < 4.78 is 39.3. The molecule has 12 aromatic rings. The Balaban J connectivity index is 0.000000110. The third kappa shape index (κ3) is 15.5. The normalized spacial score (nSPS) is 18.8. The van der Waals surface area contributed by atoms with Gasteiger partial charge in [0.05, 0.1) is 29.6 Å². The van der Waals surface area contributed by atoms with Gasteiger partial charge in [-0.1, -0.05) is 71.9 Å². The van der Waals surface area contributed by atoms with Crippen molar-refractivity contribution in [3.8, 4) is 0 Å². The number of hydrogen-bond acceptors (Lipinski definition) is 9. The van der Waals surface area contributed by atoms with E-state index in [9.17, 15) is 19.0 Å². The van der Waals surface area contributed by atoms with Crippen LogP contribution in [-0.4, -0.2) is 95.2 Å². The van der Waals surface area contributed by atoms with Gasteiger partial charge in [0, 0.05) is 180 Å². The van der Waals surface area contributed by atoms with E-state index in [1.54, 1.807) is 37.0 Å². The molecular weight excluding hydrogens is 1330 g/mol. The first kappa shape index (κ1) is 68.3. The second kappa shape index (κ2) is 28.9. The minimum atomic E-state index is -2.66. The number of aromatic nitrogens is 8. The van der Waals surface area contributed by atoms with Gasteiger partial charge in [-0.3, -0.25) is 0 Å². The Morgan fingerprint density at radius 1 is 0.495 bits per heavy atom. The molecule has 10 heterocycles. The van der Waals surface area contributed by atoms with E-state index in [4.69, 9.17) is 72.9 Å². The topological polar surface area (TPSA) is 205 Å². The lowest BCUT2D eigenvalue weighted by atomic mass is 9.68. The highest BCUT2D eigenvalue weighted by Gasteiger charge is 2.44. The van der Waals surface area contributed by atoms with Crippen molar-refractivity contribution in [3.05, 3.63) is 194 Å². The summed E-state index contributed by atoms with van der Waals surface area (Å²) in [5.41, 5.74) is 14.9. The third-order valence-corrected chi connectivity index (χ3v) is 21.6. The summed E-state index contributed by atoms with van der Waals surface area (Å²) in [6, 6.07) is 31.9. The van der Waals surface area contributed by atoms with Crippen molar-refractivity contribution in [1.29, 1.82) is 0 Å². The molecule has 17 rings (SSSR count). The highest BCUT2D eigenvalue weighted by Crippen LogP contribution is 2.49. The van der Waals surface area contributed by atoms with Crippen LogP contribution in [0, 0.1) is 5.41 Å². The molecule has 15 nitrogen and oxygen atoms in total. The molecule has 0 radical (unpaired) electrons. The van der Waals surface area contributed by atoms with E-state index in [1.165, 1.54) is 33.1 Å². The molecule has 9 N–H and O–H groups in total. The Bertz CT molecular complexity index is 4500. The maximum absolute atomic E-state index is 13.3. The lowest BCUT2D eigenvalue weighted by molar-refractivity contribution is -0.106. The smallest absolute Gasteiger partial charge is 0.248 e. The molecule has 2 aliphatic carbocycles. The van der Waals surface area contributed by atoms with E-state index < -0.39 is 17.1 Å². The van der Waals surface area contributed by atoms with Crippen LogP contribution in [0.5, 0.6) is 0 Å². The van der Waals surface area contributed by atoms with E-state index in [1.807, 2.05) is 78.0 Å². The molecule has 5 aromatic carbocycles. The predicted molar refractivity (Wildman–Crippen MR) is 391 cm³/mol. The number of alkyl halides is 2. The minimum Gasteiger partial charge on any atom is -0.449 e. The second-order valence-electron chi connectivity index (χ2n) is 27.5. The number of nitrogens with one attached hydrogen (secondary N) is 5. The first-order valence-electron chi connectivity index (χ1n) is 33.6. The van der Waals surface area contributed by atoms with E-state index >= 15 is 0 Å². The van der Waals surface area contributed by atoms with Gasteiger partial charge in [0.1, 0.15) is 12.1 Å². The van der Waals surface area contributed by atoms with Gasteiger partial charge in [-0.05, 0) is 202 Å². The van der Waals surface area contributed by atoms with Gasteiger partial charge in [0.2, 0.25) is 5.92 Å². The zero-order valence-corrected chi connectivity index (χ0v) is 58.2. The first-order chi connectivity index (χ1) is 46.7. The summed E-state index contributed by atoms with van der Waals surface area (Å²) in [5, 5.41) is 35.3. The quantitative estimate of drug-likeness (QED) is 0.0763. The van der Waals surface area contributed by atoms with E-state index in [2.05, 4.69) is 95.0 Å². The van der Waals surface area contributed by atoms with Crippen molar-refractivity contribution in [1.82, 2.24) is 39.7 Å². The monoisotopic (exact) mass is 1410 g/mol. The summed E-state index contributed by atoms with van der Waals surface area (Å²) in [6.45, 7) is 10.2. The number of nitrogens with zero attached hydrogens (tertiary/aromatic N) is 5. The molecule has 3 saturated heterocycles. The van der Waals surface area contributed by atoms with Crippen LogP contribution >= 0.6 is 58.0 Å². The van der Waals surface area contributed by atoms with E-state index in [-0.39, 0.29) is 25.7 Å². The average molecular weight is 1420 g/mol. The number of hydrogen-bond donors (Lipinski definition) is 8. The molecule has 0 unspecified atom stereocenters. The summed E-state index contributed by atoms with van der Waals surface area (Å²) in [7, 11) is 0. The van der Waals surface area contributed by atoms with Crippen molar-refractivity contribution < 1.29 is 28.1 Å². The fourth-order valence-corrected chi connectivity index (χ4v) is 16.1. The number of oxazole rings is 1. The number of benzene rings is 5. The van der Waals surface area contributed by atoms with Gasteiger partial charge in [0.15, 0.2) is 5.89 Å². The fraction of sp³-hybridized carbons (Fsp3) is 0.387. The Morgan fingerprint density at radius 3 is 1.38 bits per heavy atom. The van der Waals surface area contributed by atoms with Gasteiger partial charge < -0.3 is 59.8 Å². The van der Waals surface area contributed by atoms with Crippen LogP contribution in [0.15, 0.2) is 151 Å². The van der Waals surface area contributed by atoms with Crippen LogP contribution in [0.2, 0.25) is 25.1 Å². The number of fused-ring (bicyclic) bond motifs is 5. The highest BCUT2D eigenvalue weighted by molar-refractivity contribution is 6.33. The average Bonchev–Trinajstić information content (AvgIpc) is 1.75. The van der Waals surface area contributed by atoms with Crippen LogP contribution in [0.4, 0.5) is 26.0 Å². The number of piperidine rings is 2. The number of nitrogen functional groups attached to an aromatic ring is 1. The molecule has 510 valence electrons. The Morgan fingerprint density at radius 2 is 0.918 bits per heavy atom. The van der Waals surface area contributed by atoms with Crippen LogP contribution in [0.25, 0.3) is 54.5 Å². The molecule has 97 heavy (non-hydrogen) atoms.